The third-order valence-corrected chi connectivity index (χ3v) is 2.44. The lowest BCUT2D eigenvalue weighted by Gasteiger charge is -2.05. The minimum Gasteiger partial charge on any atom is -0.504 e. The van der Waals surface area contributed by atoms with E-state index in [1.807, 2.05) is 13.8 Å². The van der Waals surface area contributed by atoms with Crippen LogP contribution in [0.5, 0.6) is 11.5 Å². The zero-order valence-corrected chi connectivity index (χ0v) is 11.3. The number of benzene rings is 1. The minimum atomic E-state index is -0.0955. The predicted molar refractivity (Wildman–Crippen MR) is 74.5 cm³/mol. The second kappa shape index (κ2) is 8.13. The van der Waals surface area contributed by atoms with E-state index in [2.05, 4.69) is 10.5 Å². The van der Waals surface area contributed by atoms with Gasteiger partial charge in [0.15, 0.2) is 11.5 Å². The van der Waals surface area contributed by atoms with E-state index < -0.39 is 0 Å². The highest BCUT2D eigenvalue weighted by atomic mass is 16.5. The maximum Gasteiger partial charge on any atom is 0.240 e. The molecule has 5 heteroatoms. The van der Waals surface area contributed by atoms with Gasteiger partial charge in [0.2, 0.25) is 5.91 Å². The Labute approximate surface area is 113 Å². The van der Waals surface area contributed by atoms with Crippen molar-refractivity contribution < 1.29 is 14.6 Å². The quantitative estimate of drug-likeness (QED) is 0.587. The number of hydrazone groups is 1. The first kappa shape index (κ1) is 15.0. The molecule has 19 heavy (non-hydrogen) atoms. The van der Waals surface area contributed by atoms with E-state index in [0.29, 0.717) is 18.8 Å². The molecule has 1 amide bonds. The topological polar surface area (TPSA) is 70.9 Å². The molecule has 5 nitrogen and oxygen atoms in total. The van der Waals surface area contributed by atoms with Crippen molar-refractivity contribution in [3.63, 3.8) is 0 Å². The van der Waals surface area contributed by atoms with E-state index in [1.165, 1.54) is 12.3 Å². The van der Waals surface area contributed by atoms with E-state index >= 15 is 0 Å². The molecule has 0 aromatic heterocycles. The molecule has 0 saturated heterocycles. The predicted octanol–water partition coefficient (Wildman–Crippen LogP) is 2.43. The summed E-state index contributed by atoms with van der Waals surface area (Å²) in [5.41, 5.74) is 3.21. The number of phenolic OH excluding ortho intramolecular Hbond substituents is 1. The van der Waals surface area contributed by atoms with Gasteiger partial charge in [-0.3, -0.25) is 4.79 Å². The number of rotatable bonds is 7. The number of hydrogen-bond donors (Lipinski definition) is 2. The van der Waals surface area contributed by atoms with Gasteiger partial charge in [0.05, 0.1) is 12.8 Å². The maximum absolute atomic E-state index is 11.3. The van der Waals surface area contributed by atoms with Crippen LogP contribution in [0.4, 0.5) is 0 Å². The highest BCUT2D eigenvalue weighted by Gasteiger charge is 2.02. The Kier molecular flexibility index (Phi) is 6.43. The summed E-state index contributed by atoms with van der Waals surface area (Å²) in [7, 11) is 0. The average Bonchev–Trinajstić information content (AvgIpc) is 2.40. The number of unbranched alkanes of at least 4 members (excludes halogenated alkanes) is 1. The molecule has 0 aliphatic heterocycles. The zero-order valence-electron chi connectivity index (χ0n) is 11.3. The molecule has 0 aliphatic rings. The van der Waals surface area contributed by atoms with Crippen molar-refractivity contribution >= 4 is 12.1 Å². The van der Waals surface area contributed by atoms with Crippen molar-refractivity contribution in [3.05, 3.63) is 23.8 Å². The van der Waals surface area contributed by atoms with Gasteiger partial charge in [0, 0.05) is 6.42 Å². The van der Waals surface area contributed by atoms with E-state index in [0.717, 1.165) is 18.4 Å². The number of ether oxygens (including phenoxy) is 1. The molecule has 0 atom stereocenters. The first-order valence-electron chi connectivity index (χ1n) is 6.45. The lowest BCUT2D eigenvalue weighted by Crippen LogP contribution is -2.16. The van der Waals surface area contributed by atoms with Gasteiger partial charge in [0.1, 0.15) is 0 Å². The van der Waals surface area contributed by atoms with Crippen molar-refractivity contribution in [2.75, 3.05) is 6.61 Å². The second-order valence-electron chi connectivity index (χ2n) is 4.06. The molecular formula is C14H20N2O3. The first-order valence-corrected chi connectivity index (χ1v) is 6.45. The minimum absolute atomic E-state index is 0.0889. The Morgan fingerprint density at radius 2 is 2.26 bits per heavy atom. The van der Waals surface area contributed by atoms with Crippen molar-refractivity contribution in [2.45, 2.75) is 33.1 Å². The highest BCUT2D eigenvalue weighted by Crippen LogP contribution is 2.26. The Bertz CT molecular complexity index is 444. The molecule has 0 heterocycles. The summed E-state index contributed by atoms with van der Waals surface area (Å²) >= 11 is 0. The Morgan fingerprint density at radius 3 is 2.95 bits per heavy atom. The monoisotopic (exact) mass is 264 g/mol. The van der Waals surface area contributed by atoms with Crippen molar-refractivity contribution in [1.82, 2.24) is 5.43 Å². The largest absolute Gasteiger partial charge is 0.504 e. The number of aromatic hydroxyl groups is 1. The fourth-order valence-corrected chi connectivity index (χ4v) is 1.45. The summed E-state index contributed by atoms with van der Waals surface area (Å²) < 4.78 is 5.26. The molecule has 0 spiro atoms. The summed E-state index contributed by atoms with van der Waals surface area (Å²) in [6, 6.07) is 4.89. The van der Waals surface area contributed by atoms with E-state index in [4.69, 9.17) is 4.74 Å². The van der Waals surface area contributed by atoms with Crippen LogP contribution in [0.3, 0.4) is 0 Å². The van der Waals surface area contributed by atoms with E-state index in [9.17, 15) is 9.90 Å². The van der Waals surface area contributed by atoms with Crippen LogP contribution in [-0.2, 0) is 4.79 Å². The fraction of sp³-hybridized carbons (Fsp3) is 0.429. The van der Waals surface area contributed by atoms with Crippen LogP contribution in [-0.4, -0.2) is 23.8 Å². The standard InChI is InChI=1S/C14H20N2O3/c1-3-5-6-14(18)16-15-10-11-7-8-12(17)13(9-11)19-4-2/h7-10,17H,3-6H2,1-2H3,(H,16,18). The lowest BCUT2D eigenvalue weighted by atomic mass is 10.2. The van der Waals surface area contributed by atoms with Crippen LogP contribution >= 0.6 is 0 Å². The van der Waals surface area contributed by atoms with Crippen LogP contribution in [0.15, 0.2) is 23.3 Å². The summed E-state index contributed by atoms with van der Waals surface area (Å²) in [4.78, 5) is 11.3. The summed E-state index contributed by atoms with van der Waals surface area (Å²) in [5, 5.41) is 13.4. The smallest absolute Gasteiger partial charge is 0.240 e. The molecule has 0 aliphatic carbocycles. The molecule has 0 bridgehead atoms. The maximum atomic E-state index is 11.3. The highest BCUT2D eigenvalue weighted by molar-refractivity contribution is 5.83. The van der Waals surface area contributed by atoms with Gasteiger partial charge >= 0.3 is 0 Å². The Hall–Kier alpha value is -2.04. The van der Waals surface area contributed by atoms with Gasteiger partial charge in [-0.15, -0.1) is 0 Å². The molecule has 2 N–H and O–H groups in total. The molecule has 1 rings (SSSR count). The third kappa shape index (κ3) is 5.42. The molecule has 104 valence electrons. The molecular weight excluding hydrogens is 244 g/mol. The summed E-state index contributed by atoms with van der Waals surface area (Å²) in [6.45, 7) is 4.35. The van der Waals surface area contributed by atoms with Crippen LogP contribution in [0, 0.1) is 0 Å². The number of hydrogen-bond acceptors (Lipinski definition) is 4. The van der Waals surface area contributed by atoms with Crippen LogP contribution in [0.2, 0.25) is 0 Å². The number of carbonyl (C=O) groups excluding carboxylic acids is 1. The van der Waals surface area contributed by atoms with Gasteiger partial charge in [-0.2, -0.15) is 5.10 Å². The normalized spacial score (nSPS) is 10.6. The molecule has 0 fully saturated rings. The van der Waals surface area contributed by atoms with E-state index in [1.54, 1.807) is 12.1 Å². The van der Waals surface area contributed by atoms with Crippen molar-refractivity contribution in [1.29, 1.82) is 0 Å². The van der Waals surface area contributed by atoms with Crippen LogP contribution in [0.1, 0.15) is 38.7 Å². The summed E-state index contributed by atoms with van der Waals surface area (Å²) in [5.74, 6) is 0.400. The van der Waals surface area contributed by atoms with Gasteiger partial charge in [-0.1, -0.05) is 13.3 Å². The SMILES string of the molecule is CCCCC(=O)NN=Cc1ccc(O)c(OCC)c1. The number of amides is 1. The second-order valence-corrected chi connectivity index (χ2v) is 4.06. The molecule has 0 saturated carbocycles. The third-order valence-electron chi connectivity index (χ3n) is 2.44. The lowest BCUT2D eigenvalue weighted by molar-refractivity contribution is -0.121. The molecule has 1 aromatic carbocycles. The van der Waals surface area contributed by atoms with Crippen molar-refractivity contribution in [3.8, 4) is 11.5 Å². The van der Waals surface area contributed by atoms with Gasteiger partial charge in [-0.25, -0.2) is 5.43 Å². The molecule has 0 unspecified atom stereocenters. The van der Waals surface area contributed by atoms with Gasteiger partial charge < -0.3 is 9.84 Å². The number of nitrogens with zero attached hydrogens (tertiary/aromatic N) is 1. The van der Waals surface area contributed by atoms with Crippen LogP contribution < -0.4 is 10.2 Å². The molecule has 1 aromatic rings. The Balaban J connectivity index is 2.56. The average molecular weight is 264 g/mol. The van der Waals surface area contributed by atoms with Crippen molar-refractivity contribution in [2.24, 2.45) is 5.10 Å². The number of carbonyl (C=O) groups is 1. The van der Waals surface area contributed by atoms with Crippen LogP contribution in [0.25, 0.3) is 0 Å². The van der Waals surface area contributed by atoms with E-state index in [-0.39, 0.29) is 11.7 Å². The van der Waals surface area contributed by atoms with Gasteiger partial charge in [0.25, 0.3) is 0 Å². The number of nitrogens with one attached hydrogen (secondary N) is 1. The first-order chi connectivity index (χ1) is 9.17. The summed E-state index contributed by atoms with van der Waals surface area (Å²) in [6.07, 6.45) is 3.83. The zero-order chi connectivity index (χ0) is 14.1. The molecule has 0 radical (unpaired) electrons. The fourth-order valence-electron chi connectivity index (χ4n) is 1.45. The number of phenols is 1. The van der Waals surface area contributed by atoms with Gasteiger partial charge in [-0.05, 0) is 37.1 Å². The Morgan fingerprint density at radius 1 is 1.47 bits per heavy atom.